The number of phenols is 3. The number of Topliss-reactive ketones (excluding diaryl/α,β-unsaturated/α-hetero) is 1. The molecule has 5 nitrogen and oxygen atoms in total. The van der Waals surface area contributed by atoms with Crippen LogP contribution in [0.2, 0.25) is 0 Å². The zero-order chi connectivity index (χ0) is 19.8. The van der Waals surface area contributed by atoms with E-state index in [4.69, 9.17) is 4.74 Å². The highest BCUT2D eigenvalue weighted by Gasteiger charge is 2.48. The van der Waals surface area contributed by atoms with Crippen LogP contribution in [0.1, 0.15) is 69.4 Å². The monoisotopic (exact) mass is 362 g/mol. The van der Waals surface area contributed by atoms with Gasteiger partial charge in [0.1, 0.15) is 22.8 Å². The average molecular weight is 362 g/mol. The Balaban J connectivity index is 2.60. The Bertz CT molecular complexity index is 742. The van der Waals surface area contributed by atoms with Crippen LogP contribution in [0.5, 0.6) is 17.2 Å². The number of phenolic OH excluding ortho intramolecular Hbond substituents is 3. The molecule has 1 aromatic rings. The molecule has 0 spiro atoms. The molecular weight excluding hydrogens is 332 g/mol. The van der Waals surface area contributed by atoms with Crippen LogP contribution >= 0.6 is 0 Å². The van der Waals surface area contributed by atoms with Gasteiger partial charge in [-0.2, -0.15) is 0 Å². The van der Waals surface area contributed by atoms with Crippen LogP contribution in [-0.2, 0) is 17.6 Å². The maximum Gasteiger partial charge on any atom is 0.173 e. The van der Waals surface area contributed by atoms with Crippen molar-refractivity contribution in [2.75, 3.05) is 0 Å². The Kier molecular flexibility index (Phi) is 5.71. The predicted octanol–water partition coefficient (Wildman–Crippen LogP) is 4.26. The molecule has 1 aliphatic heterocycles. The number of ether oxygens (including phenoxy) is 1. The van der Waals surface area contributed by atoms with Gasteiger partial charge in [0.05, 0.1) is 11.7 Å². The molecule has 0 aromatic heterocycles. The van der Waals surface area contributed by atoms with Crippen molar-refractivity contribution in [1.82, 2.24) is 0 Å². The van der Waals surface area contributed by atoms with Crippen LogP contribution in [0, 0.1) is 5.92 Å². The number of allylic oxidation sites excluding steroid dienone is 2. The summed E-state index contributed by atoms with van der Waals surface area (Å²) in [6.07, 6.45) is 2.88. The summed E-state index contributed by atoms with van der Waals surface area (Å²) in [5.74, 6) is -1.49. The van der Waals surface area contributed by atoms with Crippen molar-refractivity contribution in [3.63, 3.8) is 0 Å². The molecule has 1 heterocycles. The van der Waals surface area contributed by atoms with Crippen LogP contribution in [0.3, 0.4) is 0 Å². The van der Waals surface area contributed by atoms with Crippen LogP contribution in [-0.4, -0.2) is 32.8 Å². The van der Waals surface area contributed by atoms with Gasteiger partial charge in [-0.15, -0.1) is 0 Å². The minimum atomic E-state index is -0.339. The Morgan fingerprint density at radius 3 is 2.15 bits per heavy atom. The first-order chi connectivity index (χ1) is 12.0. The van der Waals surface area contributed by atoms with Gasteiger partial charge in [-0.3, -0.25) is 4.79 Å². The third kappa shape index (κ3) is 3.88. The number of hydrogen-bond donors (Lipinski definition) is 3. The number of benzene rings is 1. The van der Waals surface area contributed by atoms with E-state index in [0.717, 1.165) is 5.57 Å². The van der Waals surface area contributed by atoms with Gasteiger partial charge in [0.15, 0.2) is 5.78 Å². The first kappa shape index (κ1) is 20.3. The van der Waals surface area contributed by atoms with E-state index in [0.29, 0.717) is 6.42 Å². The van der Waals surface area contributed by atoms with Gasteiger partial charge < -0.3 is 20.1 Å². The van der Waals surface area contributed by atoms with E-state index in [1.807, 2.05) is 40.7 Å². The Morgan fingerprint density at radius 2 is 1.69 bits per heavy atom. The second kappa shape index (κ2) is 7.31. The third-order valence-electron chi connectivity index (χ3n) is 5.19. The van der Waals surface area contributed by atoms with Crippen molar-refractivity contribution in [3.8, 4) is 17.2 Å². The fourth-order valence-corrected chi connectivity index (χ4v) is 2.98. The van der Waals surface area contributed by atoms with Crippen LogP contribution in [0.15, 0.2) is 11.6 Å². The molecule has 2 unspecified atom stereocenters. The number of hydrogen-bond acceptors (Lipinski definition) is 5. The fourth-order valence-electron chi connectivity index (χ4n) is 2.98. The summed E-state index contributed by atoms with van der Waals surface area (Å²) in [7, 11) is 0. The molecule has 1 saturated heterocycles. The standard InChI is InChI=1S/C21H30O5/c1-7-12(4)17(22)16-19(24)13(9-8-11(2)3)18(23)14(20(16)25)10-15-21(5,6)26-15/h8,12,15,23-25H,7,9-10H2,1-6H3. The molecule has 1 fully saturated rings. The molecule has 3 N–H and O–H groups in total. The number of carbonyl (C=O) groups is 1. The van der Waals surface area contributed by atoms with Gasteiger partial charge in [0.2, 0.25) is 0 Å². The van der Waals surface area contributed by atoms with Crippen LogP contribution < -0.4 is 0 Å². The first-order valence-electron chi connectivity index (χ1n) is 9.15. The summed E-state index contributed by atoms with van der Waals surface area (Å²) in [6, 6.07) is 0. The van der Waals surface area contributed by atoms with Crippen molar-refractivity contribution >= 4 is 5.78 Å². The lowest BCUT2D eigenvalue weighted by atomic mass is 9.88. The lowest BCUT2D eigenvalue weighted by Gasteiger charge is -2.19. The second-order valence-electron chi connectivity index (χ2n) is 7.95. The van der Waals surface area contributed by atoms with Crippen molar-refractivity contribution in [1.29, 1.82) is 0 Å². The molecule has 2 rings (SSSR count). The Labute approximate surface area is 155 Å². The number of aromatic hydroxyl groups is 3. The quantitative estimate of drug-likeness (QED) is 0.383. The maximum absolute atomic E-state index is 12.8. The van der Waals surface area contributed by atoms with Crippen molar-refractivity contribution in [3.05, 3.63) is 28.3 Å². The van der Waals surface area contributed by atoms with Gasteiger partial charge in [-0.1, -0.05) is 25.5 Å². The van der Waals surface area contributed by atoms with Crippen molar-refractivity contribution in [2.45, 2.75) is 72.5 Å². The van der Waals surface area contributed by atoms with Crippen molar-refractivity contribution < 1.29 is 24.9 Å². The predicted molar refractivity (Wildman–Crippen MR) is 101 cm³/mol. The molecule has 0 bridgehead atoms. The second-order valence-corrected chi connectivity index (χ2v) is 7.95. The topological polar surface area (TPSA) is 90.3 Å². The van der Waals surface area contributed by atoms with E-state index in [1.165, 1.54) is 0 Å². The van der Waals surface area contributed by atoms with E-state index in [-0.39, 0.29) is 70.2 Å². The summed E-state index contributed by atoms with van der Waals surface area (Å²) in [6.45, 7) is 11.3. The molecule has 0 aliphatic carbocycles. The van der Waals surface area contributed by atoms with Gasteiger partial charge in [-0.05, 0) is 40.5 Å². The summed E-state index contributed by atoms with van der Waals surface area (Å²) in [4.78, 5) is 12.8. The van der Waals surface area contributed by atoms with Gasteiger partial charge in [0, 0.05) is 23.5 Å². The molecule has 2 atom stereocenters. The van der Waals surface area contributed by atoms with E-state index in [9.17, 15) is 20.1 Å². The molecule has 5 heteroatoms. The van der Waals surface area contributed by atoms with Crippen LogP contribution in [0.25, 0.3) is 0 Å². The van der Waals surface area contributed by atoms with Gasteiger partial charge in [0.25, 0.3) is 0 Å². The molecule has 1 aromatic carbocycles. The first-order valence-corrected chi connectivity index (χ1v) is 9.15. The molecule has 0 amide bonds. The smallest absolute Gasteiger partial charge is 0.173 e. The number of ketones is 1. The highest BCUT2D eigenvalue weighted by Crippen LogP contribution is 2.47. The summed E-state index contributed by atoms with van der Waals surface area (Å²) in [5.41, 5.74) is 1.14. The Hall–Kier alpha value is -2.01. The minimum absolute atomic E-state index is 0.0947. The normalized spacial score (nSPS) is 19.1. The number of rotatable bonds is 7. The summed E-state index contributed by atoms with van der Waals surface area (Å²) in [5, 5.41) is 32.1. The molecule has 1 aliphatic rings. The average Bonchev–Trinajstić information content (AvgIpc) is 3.16. The lowest BCUT2D eigenvalue weighted by Crippen LogP contribution is -2.14. The molecule has 0 radical (unpaired) electrons. The largest absolute Gasteiger partial charge is 0.507 e. The highest BCUT2D eigenvalue weighted by atomic mass is 16.6. The van der Waals surface area contributed by atoms with Gasteiger partial charge >= 0.3 is 0 Å². The van der Waals surface area contributed by atoms with E-state index >= 15 is 0 Å². The summed E-state index contributed by atoms with van der Waals surface area (Å²) < 4.78 is 5.57. The number of epoxide rings is 1. The highest BCUT2D eigenvalue weighted by molar-refractivity contribution is 6.03. The Morgan fingerprint density at radius 1 is 1.15 bits per heavy atom. The zero-order valence-corrected chi connectivity index (χ0v) is 16.5. The number of carbonyl (C=O) groups excluding carboxylic acids is 1. The van der Waals surface area contributed by atoms with E-state index in [2.05, 4.69) is 0 Å². The summed E-state index contributed by atoms with van der Waals surface area (Å²) >= 11 is 0. The zero-order valence-electron chi connectivity index (χ0n) is 16.5. The van der Waals surface area contributed by atoms with Crippen LogP contribution in [0.4, 0.5) is 0 Å². The molecule has 26 heavy (non-hydrogen) atoms. The van der Waals surface area contributed by atoms with E-state index in [1.54, 1.807) is 6.92 Å². The SMILES string of the molecule is CCC(C)C(=O)c1c(O)c(CC=C(C)C)c(O)c(CC2OC2(C)C)c1O. The van der Waals surface area contributed by atoms with Crippen molar-refractivity contribution in [2.24, 2.45) is 5.92 Å². The fraction of sp³-hybridized carbons (Fsp3) is 0.571. The minimum Gasteiger partial charge on any atom is -0.507 e. The maximum atomic E-state index is 12.8. The molecule has 144 valence electrons. The third-order valence-corrected chi connectivity index (χ3v) is 5.19. The molecule has 0 saturated carbocycles. The van der Waals surface area contributed by atoms with E-state index < -0.39 is 0 Å². The lowest BCUT2D eigenvalue weighted by molar-refractivity contribution is 0.0921. The van der Waals surface area contributed by atoms with Gasteiger partial charge in [-0.25, -0.2) is 0 Å². The molecular formula is C21H30O5.